The highest BCUT2D eigenvalue weighted by atomic mass is 16.5. The first-order valence-electron chi connectivity index (χ1n) is 6.13. The van der Waals surface area contributed by atoms with Crippen LogP contribution in [0.3, 0.4) is 0 Å². The third-order valence-corrected chi connectivity index (χ3v) is 3.33. The van der Waals surface area contributed by atoms with Crippen molar-refractivity contribution in [2.75, 3.05) is 11.9 Å². The Kier molecular flexibility index (Phi) is 2.29. The fourth-order valence-corrected chi connectivity index (χ4v) is 2.32. The maximum Gasteiger partial charge on any atom is 0.270 e. The molecule has 2 heterocycles. The van der Waals surface area contributed by atoms with Crippen molar-refractivity contribution in [2.24, 2.45) is 0 Å². The van der Waals surface area contributed by atoms with Crippen molar-refractivity contribution in [3.8, 4) is 5.75 Å². The standard InChI is InChI=1S/C14H15N3O2/c1-8-15-7-9-5-11-12(6-10(9)16-8)19-14(2,3)13(18)17(11)4/h5-7H,1-4H3. The van der Waals surface area contributed by atoms with Crippen LogP contribution in [-0.2, 0) is 4.79 Å². The predicted molar refractivity (Wildman–Crippen MR) is 72.4 cm³/mol. The molecule has 0 spiro atoms. The second-order valence-electron chi connectivity index (χ2n) is 5.27. The third kappa shape index (κ3) is 1.73. The summed E-state index contributed by atoms with van der Waals surface area (Å²) in [5, 5.41) is 0.896. The Bertz CT molecular complexity index is 694. The van der Waals surface area contributed by atoms with E-state index in [0.29, 0.717) is 11.6 Å². The number of ether oxygens (including phenoxy) is 1. The molecular weight excluding hydrogens is 242 g/mol. The number of hydrogen-bond donors (Lipinski definition) is 0. The average molecular weight is 257 g/mol. The summed E-state index contributed by atoms with van der Waals surface area (Å²) < 4.78 is 5.80. The molecule has 2 aromatic rings. The lowest BCUT2D eigenvalue weighted by Gasteiger charge is -2.36. The molecule has 1 aromatic carbocycles. The summed E-state index contributed by atoms with van der Waals surface area (Å²) >= 11 is 0. The quantitative estimate of drug-likeness (QED) is 0.725. The summed E-state index contributed by atoms with van der Waals surface area (Å²) in [6, 6.07) is 3.75. The molecule has 0 fully saturated rings. The van der Waals surface area contributed by atoms with Gasteiger partial charge in [-0.3, -0.25) is 4.79 Å². The molecule has 1 aromatic heterocycles. The van der Waals surface area contributed by atoms with Crippen LogP contribution in [0.25, 0.3) is 10.9 Å². The molecule has 0 saturated carbocycles. The van der Waals surface area contributed by atoms with Crippen LogP contribution in [-0.4, -0.2) is 28.5 Å². The minimum Gasteiger partial charge on any atom is -0.476 e. The van der Waals surface area contributed by atoms with E-state index in [4.69, 9.17) is 4.74 Å². The molecule has 0 atom stereocenters. The number of amides is 1. The first-order chi connectivity index (χ1) is 8.88. The molecular formula is C14H15N3O2. The zero-order valence-corrected chi connectivity index (χ0v) is 11.4. The lowest BCUT2D eigenvalue weighted by Crippen LogP contribution is -2.50. The molecule has 0 N–H and O–H groups in total. The molecule has 1 aliphatic rings. The largest absolute Gasteiger partial charge is 0.476 e. The van der Waals surface area contributed by atoms with Gasteiger partial charge in [0.1, 0.15) is 11.6 Å². The minimum absolute atomic E-state index is 0.0626. The van der Waals surface area contributed by atoms with Crippen LogP contribution in [0.1, 0.15) is 19.7 Å². The Morgan fingerprint density at radius 3 is 2.79 bits per heavy atom. The van der Waals surface area contributed by atoms with E-state index in [2.05, 4.69) is 9.97 Å². The Balaban J connectivity index is 2.25. The van der Waals surface area contributed by atoms with Gasteiger partial charge in [-0.25, -0.2) is 9.97 Å². The number of carbonyl (C=O) groups excluding carboxylic acids is 1. The molecule has 1 aliphatic heterocycles. The molecule has 0 aliphatic carbocycles. The SMILES string of the molecule is Cc1ncc2cc3c(cc2n1)OC(C)(C)C(=O)N3C. The molecule has 3 rings (SSSR count). The summed E-state index contributed by atoms with van der Waals surface area (Å²) in [5.41, 5.74) is 0.728. The maximum absolute atomic E-state index is 12.2. The van der Waals surface area contributed by atoms with Gasteiger partial charge in [0.05, 0.1) is 11.2 Å². The Morgan fingerprint density at radius 1 is 1.32 bits per heavy atom. The molecule has 1 amide bonds. The van der Waals surface area contributed by atoms with Gasteiger partial charge in [-0.15, -0.1) is 0 Å². The van der Waals surface area contributed by atoms with Gasteiger partial charge in [-0.05, 0) is 26.8 Å². The number of hydrogen-bond acceptors (Lipinski definition) is 4. The average Bonchev–Trinajstić information content (AvgIpc) is 2.34. The maximum atomic E-state index is 12.2. The molecule has 0 radical (unpaired) electrons. The first-order valence-corrected chi connectivity index (χ1v) is 6.13. The van der Waals surface area contributed by atoms with Gasteiger partial charge in [-0.1, -0.05) is 0 Å². The van der Waals surface area contributed by atoms with E-state index < -0.39 is 5.60 Å². The highest BCUT2D eigenvalue weighted by Gasteiger charge is 2.39. The van der Waals surface area contributed by atoms with Crippen LogP contribution in [0.15, 0.2) is 18.3 Å². The first kappa shape index (κ1) is 11.9. The van der Waals surface area contributed by atoms with E-state index in [0.717, 1.165) is 16.6 Å². The molecule has 0 saturated heterocycles. The number of rotatable bonds is 0. The summed E-state index contributed by atoms with van der Waals surface area (Å²) in [6.07, 6.45) is 1.76. The molecule has 5 nitrogen and oxygen atoms in total. The van der Waals surface area contributed by atoms with Crippen molar-refractivity contribution < 1.29 is 9.53 Å². The van der Waals surface area contributed by atoms with Crippen LogP contribution in [0, 0.1) is 6.92 Å². The molecule has 0 unspecified atom stereocenters. The second kappa shape index (κ2) is 3.66. The van der Waals surface area contributed by atoms with Crippen LogP contribution in [0.2, 0.25) is 0 Å². The van der Waals surface area contributed by atoms with Crippen LogP contribution in [0.4, 0.5) is 5.69 Å². The van der Waals surface area contributed by atoms with Crippen molar-refractivity contribution in [1.82, 2.24) is 9.97 Å². The smallest absolute Gasteiger partial charge is 0.270 e. The lowest BCUT2D eigenvalue weighted by molar-refractivity contribution is -0.132. The van der Waals surface area contributed by atoms with Gasteiger partial charge in [0.2, 0.25) is 0 Å². The van der Waals surface area contributed by atoms with Gasteiger partial charge in [0.15, 0.2) is 5.60 Å². The highest BCUT2D eigenvalue weighted by Crippen LogP contribution is 2.39. The third-order valence-electron chi connectivity index (χ3n) is 3.33. The van der Waals surface area contributed by atoms with E-state index in [9.17, 15) is 4.79 Å². The number of aryl methyl sites for hydroxylation is 1. The van der Waals surface area contributed by atoms with Crippen molar-refractivity contribution in [3.05, 3.63) is 24.2 Å². The van der Waals surface area contributed by atoms with Crippen molar-refractivity contribution in [3.63, 3.8) is 0 Å². The highest BCUT2D eigenvalue weighted by molar-refractivity contribution is 6.03. The fraction of sp³-hybridized carbons (Fsp3) is 0.357. The number of nitrogens with zero attached hydrogens (tertiary/aromatic N) is 3. The summed E-state index contributed by atoms with van der Waals surface area (Å²) in [7, 11) is 1.76. The van der Waals surface area contributed by atoms with Crippen LogP contribution in [0.5, 0.6) is 5.75 Å². The van der Waals surface area contributed by atoms with Gasteiger partial charge in [0.25, 0.3) is 5.91 Å². The Morgan fingerprint density at radius 2 is 2.05 bits per heavy atom. The monoisotopic (exact) mass is 257 g/mol. The van der Waals surface area contributed by atoms with Crippen molar-refractivity contribution in [1.29, 1.82) is 0 Å². The van der Waals surface area contributed by atoms with E-state index in [1.54, 1.807) is 32.0 Å². The Hall–Kier alpha value is -2.17. The summed E-state index contributed by atoms with van der Waals surface area (Å²) in [5.74, 6) is 1.33. The van der Waals surface area contributed by atoms with Crippen molar-refractivity contribution in [2.45, 2.75) is 26.4 Å². The predicted octanol–water partition coefficient (Wildman–Crippen LogP) is 2.07. The van der Waals surface area contributed by atoms with E-state index in [1.165, 1.54) is 0 Å². The topological polar surface area (TPSA) is 55.3 Å². The molecule has 98 valence electrons. The van der Waals surface area contributed by atoms with Crippen LogP contribution >= 0.6 is 0 Å². The molecule has 5 heteroatoms. The zero-order chi connectivity index (χ0) is 13.8. The number of aromatic nitrogens is 2. The minimum atomic E-state index is -0.850. The lowest BCUT2D eigenvalue weighted by atomic mass is 10.0. The van der Waals surface area contributed by atoms with Gasteiger partial charge in [0, 0.05) is 24.7 Å². The van der Waals surface area contributed by atoms with E-state index in [1.807, 2.05) is 19.1 Å². The molecule has 0 bridgehead atoms. The summed E-state index contributed by atoms with van der Waals surface area (Å²) in [4.78, 5) is 22.3. The second-order valence-corrected chi connectivity index (χ2v) is 5.27. The number of carbonyl (C=O) groups is 1. The van der Waals surface area contributed by atoms with Gasteiger partial charge < -0.3 is 9.64 Å². The van der Waals surface area contributed by atoms with Crippen molar-refractivity contribution >= 4 is 22.5 Å². The van der Waals surface area contributed by atoms with Gasteiger partial charge in [-0.2, -0.15) is 0 Å². The fourth-order valence-electron chi connectivity index (χ4n) is 2.32. The number of benzene rings is 1. The van der Waals surface area contributed by atoms with Crippen LogP contribution < -0.4 is 9.64 Å². The normalized spacial score (nSPS) is 17.3. The molecule has 19 heavy (non-hydrogen) atoms. The van der Waals surface area contributed by atoms with E-state index >= 15 is 0 Å². The number of likely N-dealkylation sites (N-methyl/N-ethyl adjacent to an activating group) is 1. The van der Waals surface area contributed by atoms with Gasteiger partial charge >= 0.3 is 0 Å². The summed E-state index contributed by atoms with van der Waals surface area (Å²) in [6.45, 7) is 5.38. The zero-order valence-electron chi connectivity index (χ0n) is 11.4. The number of fused-ring (bicyclic) bond motifs is 2. The Labute approximate surface area is 111 Å². The number of anilines is 1. The van der Waals surface area contributed by atoms with E-state index in [-0.39, 0.29) is 5.91 Å².